The van der Waals surface area contributed by atoms with Crippen molar-refractivity contribution in [3.63, 3.8) is 0 Å². The van der Waals surface area contributed by atoms with Gasteiger partial charge < -0.3 is 15.0 Å². The molecule has 2 saturated heterocycles. The molecule has 1 aromatic rings. The highest BCUT2D eigenvalue weighted by atomic mass is 16.5. The van der Waals surface area contributed by atoms with Crippen molar-refractivity contribution in [2.75, 3.05) is 23.4 Å². The molecule has 0 bridgehead atoms. The lowest BCUT2D eigenvalue weighted by Gasteiger charge is -2.30. The summed E-state index contributed by atoms with van der Waals surface area (Å²) in [5, 5.41) is 3.61. The van der Waals surface area contributed by atoms with Crippen LogP contribution in [0, 0.1) is 0 Å². The summed E-state index contributed by atoms with van der Waals surface area (Å²) in [5.41, 5.74) is 2.12. The zero-order chi connectivity index (χ0) is 14.7. The van der Waals surface area contributed by atoms with Gasteiger partial charge in [-0.2, -0.15) is 0 Å². The highest BCUT2D eigenvalue weighted by Gasteiger charge is 2.23. The van der Waals surface area contributed by atoms with Gasteiger partial charge in [-0.1, -0.05) is 13.0 Å². The molecule has 1 aromatic carbocycles. The van der Waals surface area contributed by atoms with Gasteiger partial charge >= 0.3 is 0 Å². The zero-order valence-corrected chi connectivity index (χ0v) is 12.7. The third kappa shape index (κ3) is 3.38. The van der Waals surface area contributed by atoms with Gasteiger partial charge in [0.25, 0.3) is 0 Å². The van der Waals surface area contributed by atoms with E-state index in [2.05, 4.69) is 24.4 Å². The Hall–Kier alpha value is -1.55. The Balaban J connectivity index is 1.67. The smallest absolute Gasteiger partial charge is 0.227 e. The molecule has 1 N–H and O–H groups in total. The average Bonchev–Trinajstić information content (AvgIpc) is 2.94. The maximum absolute atomic E-state index is 11.8. The summed E-state index contributed by atoms with van der Waals surface area (Å²) in [6.07, 6.45) is 5.19. The summed E-state index contributed by atoms with van der Waals surface area (Å²) in [5.74, 6) is 0.240. The number of amides is 1. The Kier molecular flexibility index (Phi) is 4.44. The van der Waals surface area contributed by atoms with E-state index in [9.17, 15) is 4.79 Å². The zero-order valence-electron chi connectivity index (χ0n) is 12.7. The van der Waals surface area contributed by atoms with E-state index in [4.69, 9.17) is 4.74 Å². The van der Waals surface area contributed by atoms with Gasteiger partial charge in [0.2, 0.25) is 5.91 Å². The van der Waals surface area contributed by atoms with Crippen molar-refractivity contribution in [3.05, 3.63) is 24.3 Å². The number of ether oxygens (including phenoxy) is 1. The molecule has 0 radical (unpaired) electrons. The molecule has 0 aliphatic carbocycles. The lowest BCUT2D eigenvalue weighted by atomic mass is 10.0. The molecule has 2 atom stereocenters. The third-order valence-electron chi connectivity index (χ3n) is 4.42. The summed E-state index contributed by atoms with van der Waals surface area (Å²) in [7, 11) is 0. The SMILES string of the molecule is CCC1CC(Nc2cccc(N3CCCC3=O)c2)CCO1. The van der Waals surface area contributed by atoms with Crippen LogP contribution in [-0.4, -0.2) is 31.2 Å². The van der Waals surface area contributed by atoms with Crippen molar-refractivity contribution < 1.29 is 9.53 Å². The summed E-state index contributed by atoms with van der Waals surface area (Å²) in [6.45, 7) is 3.85. The van der Waals surface area contributed by atoms with E-state index in [-0.39, 0.29) is 5.91 Å². The molecule has 0 saturated carbocycles. The van der Waals surface area contributed by atoms with Gasteiger partial charge in [-0.3, -0.25) is 4.79 Å². The predicted octanol–water partition coefficient (Wildman–Crippen LogP) is 3.18. The molecule has 2 heterocycles. The van der Waals surface area contributed by atoms with Crippen molar-refractivity contribution in [2.24, 2.45) is 0 Å². The second-order valence-corrected chi connectivity index (χ2v) is 5.97. The van der Waals surface area contributed by atoms with Gasteiger partial charge in [0, 0.05) is 37.0 Å². The van der Waals surface area contributed by atoms with Crippen molar-refractivity contribution in [1.29, 1.82) is 0 Å². The number of carbonyl (C=O) groups is 1. The lowest BCUT2D eigenvalue weighted by molar-refractivity contribution is -0.117. The number of anilines is 2. The maximum atomic E-state index is 11.8. The van der Waals surface area contributed by atoms with Crippen LogP contribution < -0.4 is 10.2 Å². The fourth-order valence-corrected chi connectivity index (χ4v) is 3.22. The Labute approximate surface area is 126 Å². The molecule has 2 fully saturated rings. The lowest BCUT2D eigenvalue weighted by Crippen LogP contribution is -2.33. The van der Waals surface area contributed by atoms with E-state index in [1.165, 1.54) is 0 Å². The predicted molar refractivity (Wildman–Crippen MR) is 84.7 cm³/mol. The molecule has 2 aliphatic heterocycles. The number of rotatable bonds is 4. The van der Waals surface area contributed by atoms with Crippen LogP contribution >= 0.6 is 0 Å². The minimum Gasteiger partial charge on any atom is -0.382 e. The molecular formula is C17H24N2O2. The molecule has 0 aromatic heterocycles. The van der Waals surface area contributed by atoms with Crippen LogP contribution in [0.4, 0.5) is 11.4 Å². The first-order valence-electron chi connectivity index (χ1n) is 8.05. The van der Waals surface area contributed by atoms with Crippen LogP contribution in [-0.2, 0) is 9.53 Å². The number of nitrogens with one attached hydrogen (secondary N) is 1. The number of nitrogens with zero attached hydrogens (tertiary/aromatic N) is 1. The minimum absolute atomic E-state index is 0.240. The molecule has 0 spiro atoms. The molecular weight excluding hydrogens is 264 g/mol. The molecule has 2 aliphatic rings. The van der Waals surface area contributed by atoms with Gasteiger partial charge in [-0.05, 0) is 43.9 Å². The summed E-state index contributed by atoms with van der Waals surface area (Å²) in [6, 6.07) is 8.70. The number of hydrogen-bond acceptors (Lipinski definition) is 3. The van der Waals surface area contributed by atoms with Gasteiger partial charge in [-0.15, -0.1) is 0 Å². The van der Waals surface area contributed by atoms with Crippen molar-refractivity contribution in [1.82, 2.24) is 0 Å². The number of carbonyl (C=O) groups excluding carboxylic acids is 1. The first kappa shape index (κ1) is 14.4. The van der Waals surface area contributed by atoms with Gasteiger partial charge in [0.05, 0.1) is 6.10 Å². The molecule has 3 rings (SSSR count). The molecule has 2 unspecified atom stereocenters. The fraction of sp³-hybridized carbons (Fsp3) is 0.588. The normalized spacial score (nSPS) is 26.1. The minimum atomic E-state index is 0.240. The Morgan fingerprint density at radius 3 is 3.10 bits per heavy atom. The van der Waals surface area contributed by atoms with Crippen LogP contribution in [0.1, 0.15) is 39.0 Å². The second kappa shape index (κ2) is 6.48. The third-order valence-corrected chi connectivity index (χ3v) is 4.42. The van der Waals surface area contributed by atoms with E-state index in [0.29, 0.717) is 18.6 Å². The van der Waals surface area contributed by atoms with E-state index in [0.717, 1.165) is 50.2 Å². The highest BCUT2D eigenvalue weighted by molar-refractivity contribution is 5.95. The van der Waals surface area contributed by atoms with E-state index < -0.39 is 0 Å². The van der Waals surface area contributed by atoms with Gasteiger partial charge in [0.15, 0.2) is 0 Å². The van der Waals surface area contributed by atoms with Gasteiger partial charge in [0.1, 0.15) is 0 Å². The highest BCUT2D eigenvalue weighted by Crippen LogP contribution is 2.26. The van der Waals surface area contributed by atoms with Crippen LogP contribution in [0.5, 0.6) is 0 Å². The maximum Gasteiger partial charge on any atom is 0.227 e. The molecule has 1 amide bonds. The fourth-order valence-electron chi connectivity index (χ4n) is 3.22. The van der Waals surface area contributed by atoms with E-state index >= 15 is 0 Å². The van der Waals surface area contributed by atoms with E-state index in [1.807, 2.05) is 17.0 Å². The molecule has 114 valence electrons. The summed E-state index contributed by atoms with van der Waals surface area (Å²) in [4.78, 5) is 13.7. The van der Waals surface area contributed by atoms with Crippen molar-refractivity contribution >= 4 is 17.3 Å². The quantitative estimate of drug-likeness (QED) is 0.925. The second-order valence-electron chi connectivity index (χ2n) is 5.97. The molecule has 4 nitrogen and oxygen atoms in total. The van der Waals surface area contributed by atoms with Crippen LogP contribution in [0.15, 0.2) is 24.3 Å². The molecule has 4 heteroatoms. The summed E-state index contributed by atoms with van der Waals surface area (Å²) >= 11 is 0. The van der Waals surface area contributed by atoms with Crippen molar-refractivity contribution in [3.8, 4) is 0 Å². The topological polar surface area (TPSA) is 41.6 Å². The Bertz CT molecular complexity index is 503. The Morgan fingerprint density at radius 2 is 2.33 bits per heavy atom. The average molecular weight is 288 g/mol. The largest absolute Gasteiger partial charge is 0.382 e. The first-order chi connectivity index (χ1) is 10.3. The first-order valence-corrected chi connectivity index (χ1v) is 8.05. The molecule has 21 heavy (non-hydrogen) atoms. The number of hydrogen-bond donors (Lipinski definition) is 1. The van der Waals surface area contributed by atoms with Crippen LogP contribution in [0.2, 0.25) is 0 Å². The van der Waals surface area contributed by atoms with Crippen molar-refractivity contribution in [2.45, 2.75) is 51.2 Å². The summed E-state index contributed by atoms with van der Waals surface area (Å²) < 4.78 is 5.72. The van der Waals surface area contributed by atoms with E-state index in [1.54, 1.807) is 0 Å². The standard InChI is InChI=1S/C17H24N2O2/c1-2-16-12-14(8-10-21-16)18-13-5-3-6-15(11-13)19-9-4-7-17(19)20/h3,5-6,11,14,16,18H,2,4,7-10,12H2,1H3. The van der Waals surface area contributed by atoms with Crippen LogP contribution in [0.25, 0.3) is 0 Å². The monoisotopic (exact) mass is 288 g/mol. The number of benzene rings is 1. The van der Waals surface area contributed by atoms with Gasteiger partial charge in [-0.25, -0.2) is 0 Å². The Morgan fingerprint density at radius 1 is 1.43 bits per heavy atom. The van der Waals surface area contributed by atoms with Crippen LogP contribution in [0.3, 0.4) is 0 Å².